The number of benzene rings is 1. The fraction of sp³-hybridized carbons (Fsp3) is 0.158. The molecule has 21 heavy (non-hydrogen) atoms. The third kappa shape index (κ3) is 3.76. The summed E-state index contributed by atoms with van der Waals surface area (Å²) in [4.78, 5) is 9.03. The first kappa shape index (κ1) is 14.9. The van der Waals surface area contributed by atoms with Crippen LogP contribution in [0.3, 0.4) is 0 Å². The summed E-state index contributed by atoms with van der Waals surface area (Å²) >= 11 is 0. The average Bonchev–Trinajstić information content (AvgIpc) is 2.51. The van der Waals surface area contributed by atoms with Gasteiger partial charge in [-0.15, -0.1) is 0 Å². The number of hydrogen-bond acceptors (Lipinski definition) is 2. The molecule has 1 aromatic carbocycles. The lowest BCUT2D eigenvalue weighted by Gasteiger charge is -2.12. The Hall–Kier alpha value is -2.48. The van der Waals surface area contributed by atoms with Gasteiger partial charge in [-0.25, -0.2) is 9.98 Å². The van der Waals surface area contributed by atoms with Crippen molar-refractivity contribution in [3.05, 3.63) is 78.4 Å². The highest BCUT2D eigenvalue weighted by Gasteiger charge is 2.10. The standard InChI is InChI=1S/C19H20N2/c1-4-9-16(5-2)18-13-12-15(3)19(21-14-20-18)17-10-7-6-8-11-17/h4-11,14H,1-2,12-13H2,3H3/b16-9+,19-15+,20-18?,21-14?. The van der Waals surface area contributed by atoms with Crippen LogP contribution in [0.25, 0.3) is 5.70 Å². The number of aliphatic imine (C=N–C) groups is 2. The van der Waals surface area contributed by atoms with Gasteiger partial charge in [-0.05, 0) is 30.9 Å². The van der Waals surface area contributed by atoms with Gasteiger partial charge in [-0.1, -0.05) is 61.7 Å². The van der Waals surface area contributed by atoms with Gasteiger partial charge in [0.05, 0.1) is 5.70 Å². The van der Waals surface area contributed by atoms with E-state index in [0.29, 0.717) is 0 Å². The highest BCUT2D eigenvalue weighted by Crippen LogP contribution is 2.25. The lowest BCUT2D eigenvalue weighted by Crippen LogP contribution is -2.04. The largest absolute Gasteiger partial charge is 0.241 e. The van der Waals surface area contributed by atoms with Crippen LogP contribution in [-0.4, -0.2) is 12.1 Å². The Bertz CT molecular complexity index is 643. The van der Waals surface area contributed by atoms with Gasteiger partial charge in [0.25, 0.3) is 0 Å². The molecule has 0 saturated heterocycles. The van der Waals surface area contributed by atoms with Crippen molar-refractivity contribution in [1.82, 2.24) is 0 Å². The van der Waals surface area contributed by atoms with Crippen molar-refractivity contribution in [3.63, 3.8) is 0 Å². The van der Waals surface area contributed by atoms with E-state index in [0.717, 1.165) is 35.4 Å². The van der Waals surface area contributed by atoms with Crippen molar-refractivity contribution >= 4 is 17.7 Å². The minimum Gasteiger partial charge on any atom is -0.241 e. The summed E-state index contributed by atoms with van der Waals surface area (Å²) in [5.41, 5.74) is 5.43. The monoisotopic (exact) mass is 276 g/mol. The maximum atomic E-state index is 4.54. The molecule has 2 heteroatoms. The SMILES string of the molecule is C=C/C=C(\C=C)C1=NC=N/C(c2ccccc2)=C(\C)CC1. The smallest absolute Gasteiger partial charge is 0.116 e. The molecular formula is C19H20N2. The van der Waals surface area contributed by atoms with E-state index in [1.54, 1.807) is 12.4 Å². The lowest BCUT2D eigenvalue weighted by atomic mass is 9.98. The summed E-state index contributed by atoms with van der Waals surface area (Å²) in [6.45, 7) is 9.70. The van der Waals surface area contributed by atoms with Crippen LogP contribution in [0.2, 0.25) is 0 Å². The molecule has 0 aliphatic carbocycles. The van der Waals surface area contributed by atoms with Gasteiger partial charge in [-0.3, -0.25) is 0 Å². The maximum absolute atomic E-state index is 4.54. The zero-order valence-electron chi connectivity index (χ0n) is 12.4. The molecule has 1 aliphatic rings. The molecule has 1 heterocycles. The van der Waals surface area contributed by atoms with E-state index in [1.165, 1.54) is 5.57 Å². The van der Waals surface area contributed by atoms with Crippen LogP contribution in [0, 0.1) is 0 Å². The highest BCUT2D eigenvalue weighted by molar-refractivity contribution is 6.06. The van der Waals surface area contributed by atoms with Gasteiger partial charge < -0.3 is 0 Å². The molecule has 0 bridgehead atoms. The normalized spacial score (nSPS) is 19.5. The summed E-state index contributed by atoms with van der Waals surface area (Å²) in [7, 11) is 0. The topological polar surface area (TPSA) is 24.7 Å². The number of hydrogen-bond donors (Lipinski definition) is 0. The van der Waals surface area contributed by atoms with Crippen molar-refractivity contribution in [3.8, 4) is 0 Å². The Morgan fingerprint density at radius 3 is 2.57 bits per heavy atom. The van der Waals surface area contributed by atoms with Gasteiger partial charge in [0.15, 0.2) is 0 Å². The first-order chi connectivity index (χ1) is 10.3. The second kappa shape index (κ2) is 7.34. The van der Waals surface area contributed by atoms with Gasteiger partial charge in [0.2, 0.25) is 0 Å². The zero-order chi connectivity index (χ0) is 15.1. The molecule has 0 N–H and O–H groups in total. The Balaban J connectivity index is 2.33. The van der Waals surface area contributed by atoms with Crippen LogP contribution in [0.15, 0.2) is 82.8 Å². The molecule has 2 rings (SSSR count). The summed E-state index contributed by atoms with van der Waals surface area (Å²) in [6.07, 6.45) is 8.95. The van der Waals surface area contributed by atoms with Crippen molar-refractivity contribution in [2.45, 2.75) is 19.8 Å². The highest BCUT2D eigenvalue weighted by atomic mass is 14.9. The Labute approximate surface area is 126 Å². The van der Waals surface area contributed by atoms with E-state index in [1.807, 2.05) is 30.4 Å². The minimum absolute atomic E-state index is 0.875. The zero-order valence-corrected chi connectivity index (χ0v) is 12.4. The van der Waals surface area contributed by atoms with E-state index < -0.39 is 0 Å². The quantitative estimate of drug-likeness (QED) is 0.693. The van der Waals surface area contributed by atoms with Crippen LogP contribution in [0.4, 0.5) is 0 Å². The van der Waals surface area contributed by atoms with Crippen LogP contribution in [-0.2, 0) is 0 Å². The molecule has 0 unspecified atom stereocenters. The second-order valence-electron chi connectivity index (χ2n) is 4.88. The van der Waals surface area contributed by atoms with Gasteiger partial charge >= 0.3 is 0 Å². The number of rotatable bonds is 4. The number of allylic oxidation sites excluding steroid dienone is 5. The fourth-order valence-electron chi connectivity index (χ4n) is 2.30. The molecule has 0 fully saturated rings. The van der Waals surface area contributed by atoms with Crippen LogP contribution in [0.1, 0.15) is 25.3 Å². The van der Waals surface area contributed by atoms with Gasteiger partial charge in [0, 0.05) is 11.3 Å². The Morgan fingerprint density at radius 2 is 1.90 bits per heavy atom. The second-order valence-corrected chi connectivity index (χ2v) is 4.88. The molecule has 0 radical (unpaired) electrons. The minimum atomic E-state index is 0.875. The van der Waals surface area contributed by atoms with Crippen LogP contribution >= 0.6 is 0 Å². The summed E-state index contributed by atoms with van der Waals surface area (Å²) in [5, 5.41) is 0. The summed E-state index contributed by atoms with van der Waals surface area (Å²) in [5.74, 6) is 0. The van der Waals surface area contributed by atoms with E-state index in [2.05, 4.69) is 42.2 Å². The molecule has 0 amide bonds. The first-order valence-corrected chi connectivity index (χ1v) is 7.06. The molecule has 2 nitrogen and oxygen atoms in total. The van der Waals surface area contributed by atoms with Gasteiger partial charge in [-0.2, -0.15) is 0 Å². The molecule has 106 valence electrons. The molecule has 0 aromatic heterocycles. The molecule has 0 spiro atoms. The predicted octanol–water partition coefficient (Wildman–Crippen LogP) is 4.98. The van der Waals surface area contributed by atoms with Crippen LogP contribution < -0.4 is 0 Å². The third-order valence-electron chi connectivity index (χ3n) is 3.44. The fourth-order valence-corrected chi connectivity index (χ4v) is 2.30. The van der Waals surface area contributed by atoms with Crippen molar-refractivity contribution in [2.24, 2.45) is 9.98 Å². The van der Waals surface area contributed by atoms with Crippen molar-refractivity contribution < 1.29 is 0 Å². The number of nitrogens with zero attached hydrogens (tertiary/aromatic N) is 2. The molecule has 1 aliphatic heterocycles. The van der Waals surface area contributed by atoms with Crippen molar-refractivity contribution in [1.29, 1.82) is 0 Å². The van der Waals surface area contributed by atoms with Crippen LogP contribution in [0.5, 0.6) is 0 Å². The maximum Gasteiger partial charge on any atom is 0.116 e. The first-order valence-electron chi connectivity index (χ1n) is 7.06. The van der Waals surface area contributed by atoms with E-state index in [9.17, 15) is 0 Å². The molecular weight excluding hydrogens is 256 g/mol. The Kier molecular flexibility index (Phi) is 5.22. The van der Waals surface area contributed by atoms with E-state index in [4.69, 9.17) is 0 Å². The summed E-state index contributed by atoms with van der Waals surface area (Å²) < 4.78 is 0. The molecule has 1 aromatic rings. The van der Waals surface area contributed by atoms with Gasteiger partial charge in [0.1, 0.15) is 6.34 Å². The molecule has 0 saturated carbocycles. The average molecular weight is 276 g/mol. The molecule has 0 atom stereocenters. The predicted molar refractivity (Wildman–Crippen MR) is 92.7 cm³/mol. The lowest BCUT2D eigenvalue weighted by molar-refractivity contribution is 1.01. The van der Waals surface area contributed by atoms with E-state index in [-0.39, 0.29) is 0 Å². The van der Waals surface area contributed by atoms with E-state index >= 15 is 0 Å². The third-order valence-corrected chi connectivity index (χ3v) is 3.44. The van der Waals surface area contributed by atoms with Crippen molar-refractivity contribution in [2.75, 3.05) is 0 Å². The summed E-state index contributed by atoms with van der Waals surface area (Å²) in [6, 6.07) is 10.2. The Morgan fingerprint density at radius 1 is 1.14 bits per heavy atom.